The highest BCUT2D eigenvalue weighted by atomic mass is 19.1. The highest BCUT2D eigenvalue weighted by Gasteiger charge is 2.37. The topological polar surface area (TPSA) is 0 Å². The number of halogens is 3. The summed E-state index contributed by atoms with van der Waals surface area (Å²) in [5.74, 6) is 0.117. The highest BCUT2D eigenvalue weighted by Crippen LogP contribution is 2.48. The van der Waals surface area contributed by atoms with Crippen molar-refractivity contribution < 1.29 is 13.2 Å². The number of aryl methyl sites for hydroxylation is 1. The number of benzene rings is 2. The molecule has 2 aromatic rings. The van der Waals surface area contributed by atoms with E-state index in [1.807, 2.05) is 19.1 Å². The van der Waals surface area contributed by atoms with Crippen LogP contribution in [-0.4, -0.2) is 0 Å². The van der Waals surface area contributed by atoms with Crippen LogP contribution in [0, 0.1) is 35.2 Å². The third kappa shape index (κ3) is 4.11. The fourth-order valence-electron chi connectivity index (χ4n) is 5.81. The van der Waals surface area contributed by atoms with Gasteiger partial charge in [-0.2, -0.15) is 0 Å². The van der Waals surface area contributed by atoms with E-state index in [1.54, 1.807) is 6.07 Å². The van der Waals surface area contributed by atoms with E-state index in [4.69, 9.17) is 0 Å². The van der Waals surface area contributed by atoms with Gasteiger partial charge in [0.05, 0.1) is 5.39 Å². The number of hydrogen-bond acceptors (Lipinski definition) is 0. The van der Waals surface area contributed by atoms with Gasteiger partial charge in [-0.1, -0.05) is 31.6 Å². The zero-order chi connectivity index (χ0) is 20.5. The van der Waals surface area contributed by atoms with E-state index in [-0.39, 0.29) is 16.9 Å². The molecular formula is C26H31F3. The zero-order valence-corrected chi connectivity index (χ0v) is 17.5. The summed E-state index contributed by atoms with van der Waals surface area (Å²) in [6, 6.07) is 4.50. The average Bonchev–Trinajstić information content (AvgIpc) is 2.67. The Balaban J connectivity index is 1.65. The Bertz CT molecular complexity index is 914. The Labute approximate surface area is 172 Å². The van der Waals surface area contributed by atoms with E-state index in [2.05, 4.69) is 6.92 Å². The SMILES string of the molecule is C/C=C/CCc1cc(F)c2c(F)c(C3CCC4CC(C)CCC4C3)c(F)cc2c1. The molecule has 2 aromatic carbocycles. The molecule has 2 saturated carbocycles. The second kappa shape index (κ2) is 8.53. The van der Waals surface area contributed by atoms with Crippen molar-refractivity contribution in [1.82, 2.24) is 0 Å². The lowest BCUT2D eigenvalue weighted by Crippen LogP contribution is -2.30. The van der Waals surface area contributed by atoms with Crippen molar-refractivity contribution in [3.63, 3.8) is 0 Å². The first kappa shape index (κ1) is 20.5. The molecule has 0 heterocycles. The molecule has 4 unspecified atom stereocenters. The van der Waals surface area contributed by atoms with Gasteiger partial charge in [-0.3, -0.25) is 0 Å². The van der Waals surface area contributed by atoms with Crippen LogP contribution >= 0.6 is 0 Å². The van der Waals surface area contributed by atoms with Crippen LogP contribution < -0.4 is 0 Å². The molecule has 2 aliphatic carbocycles. The van der Waals surface area contributed by atoms with Crippen molar-refractivity contribution in [3.8, 4) is 0 Å². The molecule has 2 fully saturated rings. The fourth-order valence-corrected chi connectivity index (χ4v) is 5.81. The Morgan fingerprint density at radius 2 is 1.69 bits per heavy atom. The molecule has 0 amide bonds. The lowest BCUT2D eigenvalue weighted by Gasteiger charge is -2.41. The molecule has 3 heteroatoms. The third-order valence-corrected chi connectivity index (χ3v) is 7.29. The summed E-state index contributed by atoms with van der Waals surface area (Å²) in [5.41, 5.74) is 0.895. The lowest BCUT2D eigenvalue weighted by molar-refractivity contribution is 0.123. The molecule has 4 atom stereocenters. The van der Waals surface area contributed by atoms with Gasteiger partial charge in [-0.05, 0) is 98.6 Å². The first-order valence-corrected chi connectivity index (χ1v) is 11.2. The van der Waals surface area contributed by atoms with Gasteiger partial charge in [0, 0.05) is 5.56 Å². The first-order chi connectivity index (χ1) is 14.0. The Hall–Kier alpha value is -1.77. The summed E-state index contributed by atoms with van der Waals surface area (Å²) >= 11 is 0. The molecule has 0 aliphatic heterocycles. The molecule has 0 nitrogen and oxygen atoms in total. The predicted molar refractivity (Wildman–Crippen MR) is 114 cm³/mol. The molecule has 0 aromatic heterocycles. The first-order valence-electron chi connectivity index (χ1n) is 11.2. The van der Waals surface area contributed by atoms with Crippen LogP contribution in [0.4, 0.5) is 13.2 Å². The van der Waals surface area contributed by atoms with Gasteiger partial charge < -0.3 is 0 Å². The van der Waals surface area contributed by atoms with Crippen molar-refractivity contribution in [2.24, 2.45) is 17.8 Å². The van der Waals surface area contributed by atoms with Crippen LogP contribution in [0.15, 0.2) is 30.4 Å². The van der Waals surface area contributed by atoms with E-state index in [0.29, 0.717) is 23.6 Å². The minimum Gasteiger partial charge on any atom is -0.207 e. The van der Waals surface area contributed by atoms with Crippen molar-refractivity contribution in [3.05, 3.63) is 58.9 Å². The van der Waals surface area contributed by atoms with Crippen LogP contribution in [0.5, 0.6) is 0 Å². The van der Waals surface area contributed by atoms with Gasteiger partial charge in [-0.25, -0.2) is 13.2 Å². The molecule has 0 bridgehead atoms. The largest absolute Gasteiger partial charge is 0.207 e. The van der Waals surface area contributed by atoms with E-state index in [9.17, 15) is 4.39 Å². The van der Waals surface area contributed by atoms with Crippen LogP contribution in [-0.2, 0) is 6.42 Å². The maximum Gasteiger partial charge on any atom is 0.140 e. The second-order valence-electron chi connectivity index (χ2n) is 9.32. The summed E-state index contributed by atoms with van der Waals surface area (Å²) in [6.45, 7) is 4.25. The quantitative estimate of drug-likeness (QED) is 0.455. The number of hydrogen-bond donors (Lipinski definition) is 0. The van der Waals surface area contributed by atoms with Gasteiger partial charge in [0.2, 0.25) is 0 Å². The molecule has 0 spiro atoms. The molecule has 0 radical (unpaired) electrons. The molecular weight excluding hydrogens is 369 g/mol. The minimum atomic E-state index is -0.676. The van der Waals surface area contributed by atoms with E-state index in [0.717, 1.165) is 43.6 Å². The molecule has 29 heavy (non-hydrogen) atoms. The normalized spacial score (nSPS) is 27.5. The summed E-state index contributed by atoms with van der Waals surface area (Å²) < 4.78 is 45.3. The average molecular weight is 401 g/mol. The maximum atomic E-state index is 15.4. The minimum absolute atomic E-state index is 0.0458. The monoisotopic (exact) mass is 400 g/mol. The Kier molecular flexibility index (Phi) is 6.03. The maximum absolute atomic E-state index is 15.4. The Morgan fingerprint density at radius 3 is 2.48 bits per heavy atom. The van der Waals surface area contributed by atoms with Crippen molar-refractivity contribution in [2.75, 3.05) is 0 Å². The van der Waals surface area contributed by atoms with Crippen LogP contribution in [0.3, 0.4) is 0 Å². The third-order valence-electron chi connectivity index (χ3n) is 7.29. The molecule has 0 saturated heterocycles. The summed E-state index contributed by atoms with van der Waals surface area (Å²) in [7, 11) is 0. The standard InChI is InChI=1S/C26H31F3/c1-3-4-5-6-17-12-21-15-23(28)24(26(29)25(21)22(27)13-17)20-10-9-18-11-16(2)7-8-19(18)14-20/h3-4,12-13,15-16,18-20H,5-11,14H2,1-2H3/b4-3+. The molecule has 0 N–H and O–H groups in total. The van der Waals surface area contributed by atoms with E-state index >= 15 is 8.78 Å². The van der Waals surface area contributed by atoms with Gasteiger partial charge >= 0.3 is 0 Å². The van der Waals surface area contributed by atoms with Crippen LogP contribution in [0.1, 0.15) is 75.8 Å². The lowest BCUT2D eigenvalue weighted by atomic mass is 9.64. The Morgan fingerprint density at radius 1 is 0.931 bits per heavy atom. The van der Waals surface area contributed by atoms with E-state index < -0.39 is 17.5 Å². The van der Waals surface area contributed by atoms with E-state index in [1.165, 1.54) is 25.0 Å². The zero-order valence-electron chi connectivity index (χ0n) is 17.5. The van der Waals surface area contributed by atoms with Crippen LogP contribution in [0.2, 0.25) is 0 Å². The molecule has 2 aliphatic rings. The molecule has 156 valence electrons. The smallest absolute Gasteiger partial charge is 0.140 e. The second-order valence-corrected chi connectivity index (χ2v) is 9.32. The van der Waals surface area contributed by atoms with Crippen molar-refractivity contribution >= 4 is 10.8 Å². The number of rotatable bonds is 4. The highest BCUT2D eigenvalue weighted by molar-refractivity contribution is 5.85. The summed E-state index contributed by atoms with van der Waals surface area (Å²) in [5, 5.41) is 0.287. The van der Waals surface area contributed by atoms with Gasteiger partial charge in [0.25, 0.3) is 0 Å². The van der Waals surface area contributed by atoms with Crippen LogP contribution in [0.25, 0.3) is 10.8 Å². The van der Waals surface area contributed by atoms with Gasteiger partial charge in [0.1, 0.15) is 17.5 Å². The van der Waals surface area contributed by atoms with Gasteiger partial charge in [-0.15, -0.1) is 0 Å². The summed E-state index contributed by atoms with van der Waals surface area (Å²) in [6.07, 6.45) is 11.7. The number of fused-ring (bicyclic) bond motifs is 2. The van der Waals surface area contributed by atoms with Gasteiger partial charge in [0.15, 0.2) is 0 Å². The van der Waals surface area contributed by atoms with Crippen molar-refractivity contribution in [2.45, 2.75) is 71.1 Å². The fraction of sp³-hybridized carbons (Fsp3) is 0.538. The summed E-state index contributed by atoms with van der Waals surface area (Å²) in [4.78, 5) is 0. The van der Waals surface area contributed by atoms with Crippen molar-refractivity contribution in [1.29, 1.82) is 0 Å². The predicted octanol–water partition coefficient (Wildman–Crippen LogP) is 8.09. The number of allylic oxidation sites excluding steroid dienone is 2. The molecule has 4 rings (SSSR count).